The van der Waals surface area contributed by atoms with Crippen LogP contribution in [0.15, 0.2) is 6.33 Å². The molecule has 4 nitrogen and oxygen atoms in total. The number of hydrogen-bond donors (Lipinski definition) is 2. The number of rotatable bonds is 4. The number of halogens is 1. The van der Waals surface area contributed by atoms with Gasteiger partial charge in [0.05, 0.1) is 11.8 Å². The van der Waals surface area contributed by atoms with Crippen LogP contribution >= 0.6 is 0 Å². The number of aliphatic hydroxyl groups excluding tert-OH is 1. The highest BCUT2D eigenvalue weighted by Crippen LogP contribution is 2.12. The van der Waals surface area contributed by atoms with E-state index >= 15 is 0 Å². The minimum absolute atomic E-state index is 0.151. The van der Waals surface area contributed by atoms with Gasteiger partial charge in [-0.2, -0.15) is 0 Å². The molecule has 78 valence electrons. The summed E-state index contributed by atoms with van der Waals surface area (Å²) in [6.07, 6.45) is 1.30. The van der Waals surface area contributed by atoms with E-state index in [0.717, 1.165) is 0 Å². The Morgan fingerprint density at radius 3 is 2.86 bits per heavy atom. The molecule has 0 saturated heterocycles. The number of nitrogens with one attached hydrogen (secondary N) is 1. The maximum atomic E-state index is 13.5. The van der Waals surface area contributed by atoms with Crippen LogP contribution in [0.25, 0.3) is 0 Å². The van der Waals surface area contributed by atoms with Gasteiger partial charge in [-0.05, 0) is 13.3 Å². The first-order valence-corrected chi connectivity index (χ1v) is 4.56. The largest absolute Gasteiger partial charge is 0.392 e. The molecule has 2 N–H and O–H groups in total. The maximum absolute atomic E-state index is 13.5. The maximum Gasteiger partial charge on any atom is 0.186 e. The van der Waals surface area contributed by atoms with Crippen molar-refractivity contribution in [3.63, 3.8) is 0 Å². The number of hydrogen-bond acceptors (Lipinski definition) is 4. The summed E-state index contributed by atoms with van der Waals surface area (Å²) in [6.45, 7) is 3.72. The first kappa shape index (κ1) is 10.8. The van der Waals surface area contributed by atoms with E-state index < -0.39 is 11.9 Å². The van der Waals surface area contributed by atoms with Crippen molar-refractivity contribution in [1.29, 1.82) is 0 Å². The summed E-state index contributed by atoms with van der Waals surface area (Å²) in [6, 6.07) is 0. The monoisotopic (exact) mass is 199 g/mol. The third-order valence-corrected chi connectivity index (χ3v) is 1.76. The smallest absolute Gasteiger partial charge is 0.186 e. The van der Waals surface area contributed by atoms with Crippen LogP contribution in [-0.2, 0) is 6.42 Å². The Hall–Kier alpha value is -1.23. The highest BCUT2D eigenvalue weighted by molar-refractivity contribution is 5.37. The fourth-order valence-electron chi connectivity index (χ4n) is 1.02. The van der Waals surface area contributed by atoms with Gasteiger partial charge in [0.2, 0.25) is 0 Å². The third-order valence-electron chi connectivity index (χ3n) is 1.76. The van der Waals surface area contributed by atoms with Gasteiger partial charge in [-0.25, -0.2) is 14.4 Å². The molecule has 0 aromatic carbocycles. The van der Waals surface area contributed by atoms with E-state index in [9.17, 15) is 4.39 Å². The van der Waals surface area contributed by atoms with Crippen LogP contribution in [0.5, 0.6) is 0 Å². The highest BCUT2D eigenvalue weighted by atomic mass is 19.1. The zero-order chi connectivity index (χ0) is 10.6. The second-order valence-corrected chi connectivity index (χ2v) is 3.07. The lowest BCUT2D eigenvalue weighted by atomic mass is 10.3. The summed E-state index contributed by atoms with van der Waals surface area (Å²) in [5, 5.41) is 11.7. The van der Waals surface area contributed by atoms with E-state index in [-0.39, 0.29) is 12.4 Å². The molecule has 0 saturated carbocycles. The lowest BCUT2D eigenvalue weighted by molar-refractivity contribution is 0.208. The molecule has 0 aliphatic heterocycles. The lowest BCUT2D eigenvalue weighted by Crippen LogP contribution is -2.17. The van der Waals surface area contributed by atoms with Crippen LogP contribution in [0.2, 0.25) is 0 Å². The van der Waals surface area contributed by atoms with E-state index in [2.05, 4.69) is 15.3 Å². The van der Waals surface area contributed by atoms with Crippen LogP contribution in [0.1, 0.15) is 19.5 Å². The molecule has 0 fully saturated rings. The summed E-state index contributed by atoms with van der Waals surface area (Å²) < 4.78 is 13.5. The molecule has 1 unspecified atom stereocenters. The first-order valence-electron chi connectivity index (χ1n) is 4.56. The molecule has 0 aliphatic rings. The Balaban J connectivity index is 2.76. The fraction of sp³-hybridized carbons (Fsp3) is 0.556. The van der Waals surface area contributed by atoms with E-state index in [0.29, 0.717) is 12.1 Å². The SMILES string of the molecule is CCc1ncnc(NCC(C)O)c1F. The van der Waals surface area contributed by atoms with E-state index in [1.807, 2.05) is 6.92 Å². The second kappa shape index (κ2) is 4.85. The van der Waals surface area contributed by atoms with Gasteiger partial charge in [-0.15, -0.1) is 0 Å². The Morgan fingerprint density at radius 2 is 2.29 bits per heavy atom. The molecule has 0 amide bonds. The third kappa shape index (κ3) is 2.63. The minimum Gasteiger partial charge on any atom is -0.392 e. The van der Waals surface area contributed by atoms with Crippen molar-refractivity contribution in [2.45, 2.75) is 26.4 Å². The normalized spacial score (nSPS) is 12.6. The number of aliphatic hydroxyl groups is 1. The molecule has 0 aliphatic carbocycles. The number of aromatic nitrogens is 2. The summed E-state index contributed by atoms with van der Waals surface area (Å²) in [7, 11) is 0. The van der Waals surface area contributed by atoms with Crippen LogP contribution in [0.3, 0.4) is 0 Å². The van der Waals surface area contributed by atoms with Crippen molar-refractivity contribution in [2.24, 2.45) is 0 Å². The molecule has 1 rings (SSSR count). The van der Waals surface area contributed by atoms with Crippen LogP contribution in [0, 0.1) is 5.82 Å². The Morgan fingerprint density at radius 1 is 1.57 bits per heavy atom. The molecule has 0 bridgehead atoms. The van der Waals surface area contributed by atoms with Crippen LogP contribution in [-0.4, -0.2) is 27.7 Å². The molecule has 0 spiro atoms. The first-order chi connectivity index (χ1) is 6.65. The van der Waals surface area contributed by atoms with Crippen molar-refractivity contribution >= 4 is 5.82 Å². The van der Waals surface area contributed by atoms with Crippen molar-refractivity contribution in [1.82, 2.24) is 9.97 Å². The predicted molar refractivity (Wildman–Crippen MR) is 51.5 cm³/mol. The quantitative estimate of drug-likeness (QED) is 0.758. The molecule has 1 atom stereocenters. The molecule has 1 aromatic heterocycles. The minimum atomic E-state index is -0.533. The summed E-state index contributed by atoms with van der Waals surface area (Å²) in [5.41, 5.74) is 0.382. The van der Waals surface area contributed by atoms with Crippen molar-refractivity contribution in [2.75, 3.05) is 11.9 Å². The van der Waals surface area contributed by atoms with Gasteiger partial charge in [0.15, 0.2) is 11.6 Å². The van der Waals surface area contributed by atoms with E-state index in [1.54, 1.807) is 6.92 Å². The molecular formula is C9H14FN3O. The number of anilines is 1. The molecule has 0 radical (unpaired) electrons. The van der Waals surface area contributed by atoms with Gasteiger partial charge in [-0.3, -0.25) is 0 Å². The molecule has 1 aromatic rings. The van der Waals surface area contributed by atoms with E-state index in [4.69, 9.17) is 5.11 Å². The molecule has 14 heavy (non-hydrogen) atoms. The molecule has 5 heteroatoms. The predicted octanol–water partition coefficient (Wildman–Crippen LogP) is 0.971. The molecule has 1 heterocycles. The summed E-state index contributed by atoms with van der Waals surface area (Å²) >= 11 is 0. The van der Waals surface area contributed by atoms with Crippen molar-refractivity contribution < 1.29 is 9.50 Å². The van der Waals surface area contributed by atoms with Gasteiger partial charge < -0.3 is 10.4 Å². The summed E-state index contributed by atoms with van der Waals surface area (Å²) in [4.78, 5) is 7.55. The Kier molecular flexibility index (Phi) is 3.76. The van der Waals surface area contributed by atoms with Gasteiger partial charge >= 0.3 is 0 Å². The lowest BCUT2D eigenvalue weighted by Gasteiger charge is -2.09. The number of aryl methyl sites for hydroxylation is 1. The summed E-state index contributed by atoms with van der Waals surface area (Å²) in [5.74, 6) is -0.284. The second-order valence-electron chi connectivity index (χ2n) is 3.07. The Bertz CT molecular complexity index is 304. The highest BCUT2D eigenvalue weighted by Gasteiger charge is 2.09. The molecular weight excluding hydrogens is 185 g/mol. The Labute approximate surface area is 82.2 Å². The number of nitrogens with zero attached hydrogens (tertiary/aromatic N) is 2. The standard InChI is InChI=1S/C9H14FN3O/c1-3-7-8(10)9(13-5-12-7)11-4-6(2)14/h5-6,14H,3-4H2,1-2H3,(H,11,12,13). The topological polar surface area (TPSA) is 58.0 Å². The van der Waals surface area contributed by atoms with Crippen molar-refractivity contribution in [3.8, 4) is 0 Å². The van der Waals surface area contributed by atoms with E-state index in [1.165, 1.54) is 6.33 Å². The zero-order valence-electron chi connectivity index (χ0n) is 8.29. The van der Waals surface area contributed by atoms with Gasteiger partial charge in [0.1, 0.15) is 6.33 Å². The van der Waals surface area contributed by atoms with Crippen LogP contribution in [0.4, 0.5) is 10.2 Å². The average molecular weight is 199 g/mol. The average Bonchev–Trinajstić information content (AvgIpc) is 2.16. The van der Waals surface area contributed by atoms with Gasteiger partial charge in [0, 0.05) is 6.54 Å². The fourth-order valence-corrected chi connectivity index (χ4v) is 1.02. The van der Waals surface area contributed by atoms with Crippen LogP contribution < -0.4 is 5.32 Å². The van der Waals surface area contributed by atoms with Gasteiger partial charge in [0.25, 0.3) is 0 Å². The van der Waals surface area contributed by atoms with Gasteiger partial charge in [-0.1, -0.05) is 6.92 Å². The zero-order valence-corrected chi connectivity index (χ0v) is 8.29. The van der Waals surface area contributed by atoms with Crippen molar-refractivity contribution in [3.05, 3.63) is 17.8 Å².